The van der Waals surface area contributed by atoms with E-state index in [0.29, 0.717) is 11.8 Å². The van der Waals surface area contributed by atoms with E-state index in [4.69, 9.17) is 0 Å². The highest BCUT2D eigenvalue weighted by atomic mass is 14.4. The summed E-state index contributed by atoms with van der Waals surface area (Å²) in [6, 6.07) is 38.3. The first-order valence-corrected chi connectivity index (χ1v) is 28.7. The molecule has 0 fully saturated rings. The summed E-state index contributed by atoms with van der Waals surface area (Å²) >= 11 is 0. The van der Waals surface area contributed by atoms with Gasteiger partial charge in [-0.05, 0) is 196 Å². The molecule has 0 saturated carbocycles. The fourth-order valence-electron chi connectivity index (χ4n) is 14.1. The predicted molar refractivity (Wildman–Crippen MR) is 327 cm³/mol. The molecule has 6 aliphatic carbocycles. The first kappa shape index (κ1) is 48.9. The normalized spacial score (nSPS) is 19.1. The first-order valence-electron chi connectivity index (χ1n) is 28.7. The SMILES string of the molecule is CC(C)(C)C1=CC(C(C)(C)C)C=C(c2c3c(c(C4=CC(C(C)(C)C)C=C(C(C)(C)C)C4)c4ccccc24)=c2ccc4c5c(ccc=3c25)=c2c(C3=CCC=CC3)c3ccc(-c5ccccc5)cc3c(C3=CCC=CC3)c2=4)C1. The summed E-state index contributed by atoms with van der Waals surface area (Å²) in [4.78, 5) is 0. The van der Waals surface area contributed by atoms with E-state index < -0.39 is 0 Å². The minimum Gasteiger partial charge on any atom is -0.0844 e. The Kier molecular flexibility index (Phi) is 11.2. The average Bonchev–Trinajstić information content (AvgIpc) is 3.96. The molecule has 0 amide bonds. The maximum absolute atomic E-state index is 2.69. The lowest BCUT2D eigenvalue weighted by Gasteiger charge is -2.36. The molecule has 0 radical (unpaired) electrons. The summed E-state index contributed by atoms with van der Waals surface area (Å²) in [5.74, 6) is 0.617. The zero-order valence-corrected chi connectivity index (χ0v) is 47.4. The molecule has 380 valence electrons. The lowest BCUT2D eigenvalue weighted by atomic mass is 9.68. The van der Waals surface area contributed by atoms with Crippen LogP contribution in [0.3, 0.4) is 0 Å². The summed E-state index contributed by atoms with van der Waals surface area (Å²) in [7, 11) is 0. The Morgan fingerprint density at radius 2 is 0.750 bits per heavy atom. The van der Waals surface area contributed by atoms with Gasteiger partial charge in [-0.1, -0.05) is 246 Å². The van der Waals surface area contributed by atoms with E-state index in [1.165, 1.54) is 130 Å². The molecule has 0 bridgehead atoms. The quantitative estimate of drug-likeness (QED) is 0.151. The van der Waals surface area contributed by atoms with Gasteiger partial charge >= 0.3 is 0 Å². The van der Waals surface area contributed by atoms with Gasteiger partial charge in [0.2, 0.25) is 0 Å². The molecule has 13 rings (SSSR count). The fraction of sp³-hybridized carbons (Fsp3) is 0.316. The topological polar surface area (TPSA) is 0 Å². The third kappa shape index (κ3) is 7.74. The van der Waals surface area contributed by atoms with Crippen LogP contribution in [-0.2, 0) is 0 Å². The molecular weight excluding hydrogens is 913 g/mol. The van der Waals surface area contributed by atoms with Crippen LogP contribution in [0.4, 0.5) is 0 Å². The van der Waals surface area contributed by atoms with Crippen molar-refractivity contribution in [1.82, 2.24) is 0 Å². The molecule has 0 nitrogen and oxygen atoms in total. The number of fused-ring (bicyclic) bond motifs is 4. The molecule has 0 heterocycles. The van der Waals surface area contributed by atoms with E-state index >= 15 is 0 Å². The van der Waals surface area contributed by atoms with E-state index in [0.717, 1.165) is 38.5 Å². The van der Waals surface area contributed by atoms with Gasteiger partial charge in [0.15, 0.2) is 0 Å². The van der Waals surface area contributed by atoms with Crippen LogP contribution in [0, 0.1) is 75.2 Å². The minimum absolute atomic E-state index is 0.0394. The molecule has 7 aromatic rings. The molecule has 6 aliphatic rings. The molecule has 0 aromatic heterocycles. The summed E-state index contributed by atoms with van der Waals surface area (Å²) in [6.45, 7) is 29.1. The Bertz CT molecular complexity index is 4260. The summed E-state index contributed by atoms with van der Waals surface area (Å²) in [6.07, 6.45) is 30.9. The lowest BCUT2D eigenvalue weighted by molar-refractivity contribution is 0.334. The van der Waals surface area contributed by atoms with Gasteiger partial charge in [-0.3, -0.25) is 0 Å². The van der Waals surface area contributed by atoms with E-state index in [9.17, 15) is 0 Å². The van der Waals surface area contributed by atoms with Gasteiger partial charge in [-0.25, -0.2) is 0 Å². The number of allylic oxidation sites excluding steroid dienone is 16. The monoisotopic (exact) mass is 989 g/mol. The highest BCUT2D eigenvalue weighted by molar-refractivity contribution is 6.06. The molecule has 0 N–H and O–H groups in total. The van der Waals surface area contributed by atoms with Crippen LogP contribution in [0.1, 0.15) is 144 Å². The molecule has 7 aromatic carbocycles. The molecule has 2 unspecified atom stereocenters. The average molecular weight is 989 g/mol. The highest BCUT2D eigenvalue weighted by Crippen LogP contribution is 2.51. The standard InChI is InChI=1S/C76H76/c1-73(2,3)51-38-49(39-52(43-51)74(4,5)6)65-55-30-22-23-31-56(55)66(50-40-53(75(7,8)9)44-54(41-50)76(10,11)12)72-61-37-35-59-67-58(34-36-60(68(61)67)71(65)72)69-63(46-26-18-14-19-27-46)57-33-32-48(45-24-16-13-17-25-45)42-62(57)64(70(59)69)47-28-20-15-21-29-47/h13-18,20,22-25,27,29-38,40,42-44,51,53H,19,21,26,28,39,41H2,1-12H3. The van der Waals surface area contributed by atoms with Crippen LogP contribution < -0.4 is 0 Å². The van der Waals surface area contributed by atoms with Gasteiger partial charge in [-0.15, -0.1) is 0 Å². The number of rotatable bonds is 5. The maximum Gasteiger partial charge on any atom is 0.000428 e. The van der Waals surface area contributed by atoms with Gasteiger partial charge in [0.1, 0.15) is 0 Å². The zero-order chi connectivity index (χ0) is 52.8. The Labute approximate surface area is 451 Å². The van der Waals surface area contributed by atoms with E-state index in [1.807, 2.05) is 0 Å². The van der Waals surface area contributed by atoms with Crippen molar-refractivity contribution in [2.45, 2.75) is 122 Å². The van der Waals surface area contributed by atoms with Crippen LogP contribution in [0.25, 0.3) is 65.7 Å². The maximum atomic E-state index is 2.69. The minimum atomic E-state index is 0.0394. The molecule has 0 aliphatic heterocycles. The van der Waals surface area contributed by atoms with Crippen LogP contribution in [0.5, 0.6) is 0 Å². The van der Waals surface area contributed by atoms with E-state index in [-0.39, 0.29) is 21.7 Å². The third-order valence-corrected chi connectivity index (χ3v) is 18.4. The highest BCUT2D eigenvalue weighted by Gasteiger charge is 2.35. The van der Waals surface area contributed by atoms with Crippen LogP contribution in [0.2, 0.25) is 0 Å². The Balaban J connectivity index is 1.26. The van der Waals surface area contributed by atoms with Crippen molar-refractivity contribution in [3.05, 3.63) is 233 Å². The van der Waals surface area contributed by atoms with Gasteiger partial charge in [0.05, 0.1) is 0 Å². The van der Waals surface area contributed by atoms with Crippen molar-refractivity contribution in [2.75, 3.05) is 0 Å². The molecule has 0 heteroatoms. The van der Waals surface area contributed by atoms with E-state index in [1.54, 1.807) is 11.1 Å². The van der Waals surface area contributed by atoms with Crippen LogP contribution in [-0.4, -0.2) is 0 Å². The number of benzene rings is 7. The number of hydrogen-bond donors (Lipinski definition) is 0. The summed E-state index contributed by atoms with van der Waals surface area (Å²) in [5, 5.41) is 19.7. The molecular formula is C76H76. The predicted octanol–water partition coefficient (Wildman–Crippen LogP) is 20.9. The van der Waals surface area contributed by atoms with Crippen molar-refractivity contribution in [3.63, 3.8) is 0 Å². The van der Waals surface area contributed by atoms with Crippen molar-refractivity contribution < 1.29 is 0 Å². The number of hydrogen-bond acceptors (Lipinski definition) is 0. The smallest absolute Gasteiger partial charge is 0.000428 e. The van der Waals surface area contributed by atoms with E-state index in [2.05, 4.69) is 241 Å². The molecule has 76 heavy (non-hydrogen) atoms. The van der Waals surface area contributed by atoms with Crippen molar-refractivity contribution in [1.29, 1.82) is 0 Å². The summed E-state index contributed by atoms with van der Waals surface area (Å²) < 4.78 is 0. The second-order valence-corrected chi connectivity index (χ2v) is 27.4. The van der Waals surface area contributed by atoms with Crippen molar-refractivity contribution in [2.24, 2.45) is 33.5 Å². The van der Waals surface area contributed by atoms with Crippen LogP contribution in [0.15, 0.2) is 169 Å². The van der Waals surface area contributed by atoms with Gasteiger partial charge in [0.25, 0.3) is 0 Å². The van der Waals surface area contributed by atoms with Crippen LogP contribution >= 0.6 is 0 Å². The lowest BCUT2D eigenvalue weighted by Crippen LogP contribution is -2.23. The Morgan fingerprint density at radius 3 is 1.14 bits per heavy atom. The second kappa shape index (κ2) is 17.4. The molecule has 2 atom stereocenters. The zero-order valence-electron chi connectivity index (χ0n) is 47.4. The fourth-order valence-corrected chi connectivity index (χ4v) is 14.1. The Hall–Kier alpha value is -6.76. The van der Waals surface area contributed by atoms with Gasteiger partial charge in [-0.2, -0.15) is 0 Å². The van der Waals surface area contributed by atoms with Gasteiger partial charge in [0, 0.05) is 11.8 Å². The largest absolute Gasteiger partial charge is 0.0844 e. The van der Waals surface area contributed by atoms with Gasteiger partial charge < -0.3 is 0 Å². The first-order chi connectivity index (χ1) is 36.3. The second-order valence-electron chi connectivity index (χ2n) is 27.4. The van der Waals surface area contributed by atoms with Crippen molar-refractivity contribution >= 4 is 54.6 Å². The third-order valence-electron chi connectivity index (χ3n) is 18.4. The Morgan fingerprint density at radius 1 is 0.355 bits per heavy atom. The van der Waals surface area contributed by atoms with Crippen molar-refractivity contribution in [3.8, 4) is 11.1 Å². The molecule has 0 spiro atoms. The summed E-state index contributed by atoms with van der Waals surface area (Å²) in [5.41, 5.74) is 17.4. The molecule has 0 saturated heterocycles.